The van der Waals surface area contributed by atoms with Crippen LogP contribution in [0.25, 0.3) is 0 Å². The molecule has 0 aromatic rings. The largest absolute Gasteiger partial charge is 0.390 e. The molecule has 9 heteroatoms. The molecule has 108 valence electrons. The highest BCUT2D eigenvalue weighted by Crippen LogP contribution is 2.18. The molecule has 0 aromatic heterocycles. The van der Waals surface area contributed by atoms with Crippen molar-refractivity contribution in [2.45, 2.75) is 25.2 Å². The van der Waals surface area contributed by atoms with Crippen LogP contribution in [0.1, 0.15) is 12.8 Å². The predicted molar refractivity (Wildman–Crippen MR) is 52.1 cm³/mol. The first-order valence-electron chi connectivity index (χ1n) is 5.17. The van der Waals surface area contributed by atoms with Gasteiger partial charge in [0.1, 0.15) is 0 Å². The van der Waals surface area contributed by atoms with Gasteiger partial charge < -0.3 is 10.6 Å². The molecule has 0 aliphatic carbocycles. The molecule has 0 unspecified atom stereocenters. The van der Waals surface area contributed by atoms with Gasteiger partial charge in [0.05, 0.1) is 25.9 Å². The summed E-state index contributed by atoms with van der Waals surface area (Å²) in [5, 5.41) is 4.53. The van der Waals surface area contributed by atoms with E-state index in [0.717, 1.165) is 0 Å². The summed E-state index contributed by atoms with van der Waals surface area (Å²) in [6, 6.07) is 0. The zero-order valence-electron chi connectivity index (χ0n) is 9.42. The van der Waals surface area contributed by atoms with Crippen molar-refractivity contribution < 1.29 is 31.1 Å². The van der Waals surface area contributed by atoms with E-state index < -0.39 is 44.1 Å². The van der Waals surface area contributed by atoms with Gasteiger partial charge in [-0.1, -0.05) is 0 Å². The first-order valence-corrected chi connectivity index (χ1v) is 5.17. The molecule has 0 amide bonds. The summed E-state index contributed by atoms with van der Waals surface area (Å²) in [5.74, 6) is -0.487. The molecule has 0 heterocycles. The van der Waals surface area contributed by atoms with Gasteiger partial charge >= 0.3 is 12.4 Å². The maximum absolute atomic E-state index is 11.7. The predicted octanol–water partition coefficient (Wildman–Crippen LogP) is 1.64. The number of hydrogen-bond acceptors (Lipinski definition) is 3. The van der Waals surface area contributed by atoms with E-state index in [1.54, 1.807) is 0 Å². The molecule has 0 saturated heterocycles. The number of hydrogen-bond donors (Lipinski definition) is 2. The summed E-state index contributed by atoms with van der Waals surface area (Å²) in [6.45, 7) is -1.38. The molecule has 0 aliphatic heterocycles. The van der Waals surface area contributed by atoms with Crippen LogP contribution in [-0.4, -0.2) is 44.3 Å². The average molecular weight is 280 g/mol. The minimum Gasteiger partial charge on any atom is -0.310 e. The lowest BCUT2D eigenvalue weighted by molar-refractivity contribution is -0.134. The molecular weight excluding hydrogens is 266 g/mol. The Bertz CT molecular complexity index is 226. The molecule has 0 radical (unpaired) electrons. The Morgan fingerprint density at radius 1 is 0.778 bits per heavy atom. The van der Waals surface area contributed by atoms with Crippen LogP contribution in [0.3, 0.4) is 0 Å². The third-order valence-electron chi connectivity index (χ3n) is 1.81. The summed E-state index contributed by atoms with van der Waals surface area (Å²) < 4.78 is 70.2. The van der Waals surface area contributed by atoms with Gasteiger partial charge in [-0.2, -0.15) is 26.3 Å². The summed E-state index contributed by atoms with van der Waals surface area (Å²) in [6.07, 6.45) is -10.7. The second-order valence-corrected chi connectivity index (χ2v) is 3.62. The molecule has 0 aliphatic rings. The van der Waals surface area contributed by atoms with Crippen LogP contribution in [0.5, 0.6) is 0 Å². The van der Waals surface area contributed by atoms with E-state index in [9.17, 15) is 31.1 Å². The quantitative estimate of drug-likeness (QED) is 0.524. The third-order valence-corrected chi connectivity index (χ3v) is 1.81. The maximum Gasteiger partial charge on any atom is 0.390 e. The first-order chi connectivity index (χ1) is 8.10. The Morgan fingerprint density at radius 3 is 1.39 bits per heavy atom. The summed E-state index contributed by atoms with van der Waals surface area (Å²) >= 11 is 0. The Morgan fingerprint density at radius 2 is 1.11 bits per heavy atom. The lowest BCUT2D eigenvalue weighted by Gasteiger charge is -2.08. The molecular formula is C9H14F6N2O. The lowest BCUT2D eigenvalue weighted by Crippen LogP contribution is -2.34. The van der Waals surface area contributed by atoms with Crippen molar-refractivity contribution in [2.24, 2.45) is 0 Å². The first kappa shape index (κ1) is 17.2. The van der Waals surface area contributed by atoms with Crippen molar-refractivity contribution in [1.29, 1.82) is 0 Å². The Hall–Kier alpha value is -0.830. The molecule has 0 atom stereocenters. The standard InChI is InChI=1S/C9H14F6N2O/c10-8(11,12)1-3-16-5-7(18)6-17-4-2-9(13,14)15/h16-17H,1-6H2. The van der Waals surface area contributed by atoms with Crippen molar-refractivity contribution in [3.05, 3.63) is 0 Å². The van der Waals surface area contributed by atoms with Crippen LogP contribution in [0.2, 0.25) is 0 Å². The Labute approximate surface area is 99.9 Å². The molecule has 0 saturated carbocycles. The van der Waals surface area contributed by atoms with Gasteiger partial charge in [0.25, 0.3) is 0 Å². The average Bonchev–Trinajstić information content (AvgIpc) is 2.17. The topological polar surface area (TPSA) is 41.1 Å². The SMILES string of the molecule is O=C(CNCCC(F)(F)F)CNCCC(F)(F)F. The summed E-state index contributed by atoms with van der Waals surface area (Å²) in [7, 11) is 0. The maximum atomic E-state index is 11.7. The van der Waals surface area contributed by atoms with Crippen LogP contribution >= 0.6 is 0 Å². The van der Waals surface area contributed by atoms with Crippen molar-refractivity contribution >= 4 is 5.78 Å². The van der Waals surface area contributed by atoms with Crippen LogP contribution in [0.15, 0.2) is 0 Å². The van der Waals surface area contributed by atoms with Crippen molar-refractivity contribution in [3.63, 3.8) is 0 Å². The van der Waals surface area contributed by atoms with Crippen LogP contribution in [0.4, 0.5) is 26.3 Å². The number of rotatable bonds is 8. The van der Waals surface area contributed by atoms with Gasteiger partial charge in [-0.05, 0) is 0 Å². The van der Waals surface area contributed by atoms with Gasteiger partial charge in [0, 0.05) is 13.1 Å². The van der Waals surface area contributed by atoms with Crippen molar-refractivity contribution in [3.8, 4) is 0 Å². The minimum atomic E-state index is -4.29. The highest BCUT2D eigenvalue weighted by Gasteiger charge is 2.26. The molecule has 0 bridgehead atoms. The van der Waals surface area contributed by atoms with Crippen LogP contribution in [0, 0.1) is 0 Å². The zero-order chi connectivity index (χ0) is 14.2. The monoisotopic (exact) mass is 280 g/mol. The van der Waals surface area contributed by atoms with Crippen LogP contribution in [-0.2, 0) is 4.79 Å². The molecule has 0 rings (SSSR count). The summed E-state index contributed by atoms with van der Waals surface area (Å²) in [5.41, 5.74) is 0. The van der Waals surface area contributed by atoms with Gasteiger partial charge in [0.2, 0.25) is 0 Å². The molecule has 0 spiro atoms. The number of halogens is 6. The molecule has 3 nitrogen and oxygen atoms in total. The summed E-state index contributed by atoms with van der Waals surface area (Å²) in [4.78, 5) is 11.0. The van der Waals surface area contributed by atoms with Gasteiger partial charge in [-0.25, -0.2) is 0 Å². The van der Waals surface area contributed by atoms with E-state index in [1.807, 2.05) is 0 Å². The molecule has 2 N–H and O–H groups in total. The van der Waals surface area contributed by atoms with E-state index in [0.29, 0.717) is 0 Å². The van der Waals surface area contributed by atoms with E-state index in [4.69, 9.17) is 0 Å². The number of carbonyl (C=O) groups is 1. The molecule has 18 heavy (non-hydrogen) atoms. The fourth-order valence-corrected chi connectivity index (χ4v) is 0.978. The Balaban J connectivity index is 3.44. The van der Waals surface area contributed by atoms with Crippen molar-refractivity contribution in [1.82, 2.24) is 10.6 Å². The normalized spacial score (nSPS) is 12.8. The fraction of sp³-hybridized carbons (Fsp3) is 0.889. The molecule has 0 aromatic carbocycles. The van der Waals surface area contributed by atoms with Gasteiger partial charge in [0.15, 0.2) is 5.78 Å². The highest BCUT2D eigenvalue weighted by molar-refractivity contribution is 5.82. The fourth-order valence-electron chi connectivity index (χ4n) is 0.978. The smallest absolute Gasteiger partial charge is 0.310 e. The second kappa shape index (κ2) is 7.57. The number of carbonyl (C=O) groups excluding carboxylic acids is 1. The van der Waals surface area contributed by atoms with E-state index in [1.165, 1.54) is 0 Å². The number of Topliss-reactive ketones (excluding diaryl/α,β-unsaturated/α-hetero) is 1. The van der Waals surface area contributed by atoms with Gasteiger partial charge in [-0.3, -0.25) is 4.79 Å². The lowest BCUT2D eigenvalue weighted by atomic mass is 10.3. The highest BCUT2D eigenvalue weighted by atomic mass is 19.4. The zero-order valence-corrected chi connectivity index (χ0v) is 9.42. The number of ketones is 1. The number of nitrogens with one attached hydrogen (secondary N) is 2. The third kappa shape index (κ3) is 13.2. The minimum absolute atomic E-state index is 0.297. The van der Waals surface area contributed by atoms with E-state index in [-0.39, 0.29) is 13.1 Å². The Kier molecular flexibility index (Phi) is 7.22. The van der Waals surface area contributed by atoms with E-state index >= 15 is 0 Å². The van der Waals surface area contributed by atoms with Crippen molar-refractivity contribution in [2.75, 3.05) is 26.2 Å². The van der Waals surface area contributed by atoms with E-state index in [2.05, 4.69) is 10.6 Å². The van der Waals surface area contributed by atoms with Crippen LogP contribution < -0.4 is 10.6 Å². The van der Waals surface area contributed by atoms with Gasteiger partial charge in [-0.15, -0.1) is 0 Å². The molecule has 0 fully saturated rings. The second-order valence-electron chi connectivity index (χ2n) is 3.62. The number of alkyl halides is 6.